The number of hydrogen-bond donors (Lipinski definition) is 1. The van der Waals surface area contributed by atoms with Crippen molar-refractivity contribution in [2.45, 2.75) is 31.4 Å². The SMILES string of the molecule is CO[C@H]1CCN(C(=O)Cc2cccc([N+](=O)[O-])c2)[C@H](CN)C1. The molecular formula is C15H21N3O4. The lowest BCUT2D eigenvalue weighted by molar-refractivity contribution is -0.384. The van der Waals surface area contributed by atoms with Gasteiger partial charge in [-0.15, -0.1) is 0 Å². The van der Waals surface area contributed by atoms with E-state index in [0.29, 0.717) is 18.7 Å². The predicted octanol–water partition coefficient (Wildman–Crippen LogP) is 1.10. The highest BCUT2D eigenvalue weighted by atomic mass is 16.6. The van der Waals surface area contributed by atoms with Gasteiger partial charge < -0.3 is 15.4 Å². The number of ether oxygens (including phenoxy) is 1. The third kappa shape index (κ3) is 3.80. The summed E-state index contributed by atoms with van der Waals surface area (Å²) in [5.74, 6) is -0.0505. The quantitative estimate of drug-likeness (QED) is 0.649. The Kier molecular flexibility index (Phi) is 5.46. The van der Waals surface area contributed by atoms with E-state index >= 15 is 0 Å². The molecule has 1 aromatic carbocycles. The van der Waals surface area contributed by atoms with E-state index in [1.807, 2.05) is 0 Å². The summed E-state index contributed by atoms with van der Waals surface area (Å²) < 4.78 is 5.34. The van der Waals surface area contributed by atoms with Crippen molar-refractivity contribution in [3.8, 4) is 0 Å². The molecule has 1 aromatic rings. The Bertz CT molecular complexity index is 549. The fraction of sp³-hybridized carbons (Fsp3) is 0.533. The zero-order valence-electron chi connectivity index (χ0n) is 12.6. The van der Waals surface area contributed by atoms with Crippen molar-refractivity contribution in [3.05, 3.63) is 39.9 Å². The molecule has 120 valence electrons. The number of benzene rings is 1. The number of nitro groups is 1. The van der Waals surface area contributed by atoms with Gasteiger partial charge in [-0.2, -0.15) is 0 Å². The Hall–Kier alpha value is -1.99. The molecule has 0 radical (unpaired) electrons. The van der Waals surface area contributed by atoms with Crippen LogP contribution in [0.4, 0.5) is 5.69 Å². The lowest BCUT2D eigenvalue weighted by Gasteiger charge is -2.38. The van der Waals surface area contributed by atoms with Gasteiger partial charge in [-0.05, 0) is 18.4 Å². The van der Waals surface area contributed by atoms with Gasteiger partial charge in [0, 0.05) is 38.4 Å². The second kappa shape index (κ2) is 7.33. The number of non-ortho nitro benzene ring substituents is 1. The molecular weight excluding hydrogens is 286 g/mol. The van der Waals surface area contributed by atoms with Gasteiger partial charge in [-0.25, -0.2) is 0 Å². The Labute approximate surface area is 129 Å². The highest BCUT2D eigenvalue weighted by Crippen LogP contribution is 2.21. The number of nitro benzene ring substituents is 1. The van der Waals surface area contributed by atoms with Crippen LogP contribution in [0.15, 0.2) is 24.3 Å². The van der Waals surface area contributed by atoms with Crippen LogP contribution in [0.2, 0.25) is 0 Å². The fourth-order valence-corrected chi connectivity index (χ4v) is 2.84. The molecule has 0 spiro atoms. The minimum atomic E-state index is -0.458. The molecule has 1 aliphatic rings. The maximum atomic E-state index is 12.5. The van der Waals surface area contributed by atoms with Crippen LogP contribution in [0.5, 0.6) is 0 Å². The maximum Gasteiger partial charge on any atom is 0.269 e. The monoisotopic (exact) mass is 307 g/mol. The summed E-state index contributed by atoms with van der Waals surface area (Å²) in [6.45, 7) is 0.995. The average Bonchev–Trinajstić information content (AvgIpc) is 2.54. The summed E-state index contributed by atoms with van der Waals surface area (Å²) in [7, 11) is 1.67. The molecule has 1 heterocycles. The highest BCUT2D eigenvalue weighted by Gasteiger charge is 2.30. The molecule has 0 unspecified atom stereocenters. The van der Waals surface area contributed by atoms with E-state index in [2.05, 4.69) is 0 Å². The van der Waals surface area contributed by atoms with Crippen LogP contribution in [0, 0.1) is 10.1 Å². The van der Waals surface area contributed by atoms with Crippen molar-refractivity contribution >= 4 is 11.6 Å². The average molecular weight is 307 g/mol. The first kappa shape index (κ1) is 16.4. The number of nitrogens with two attached hydrogens (primary N) is 1. The summed E-state index contributed by atoms with van der Waals surface area (Å²) in [6, 6.07) is 6.14. The van der Waals surface area contributed by atoms with Crippen LogP contribution in [-0.4, -0.2) is 48.1 Å². The van der Waals surface area contributed by atoms with Crippen molar-refractivity contribution in [3.63, 3.8) is 0 Å². The smallest absolute Gasteiger partial charge is 0.269 e. The topological polar surface area (TPSA) is 98.7 Å². The zero-order chi connectivity index (χ0) is 16.1. The van der Waals surface area contributed by atoms with Crippen LogP contribution >= 0.6 is 0 Å². The van der Waals surface area contributed by atoms with Crippen molar-refractivity contribution in [1.29, 1.82) is 0 Å². The van der Waals surface area contributed by atoms with Crippen LogP contribution in [0.1, 0.15) is 18.4 Å². The molecule has 1 fully saturated rings. The largest absolute Gasteiger partial charge is 0.381 e. The molecule has 2 atom stereocenters. The predicted molar refractivity (Wildman–Crippen MR) is 81.4 cm³/mol. The molecule has 22 heavy (non-hydrogen) atoms. The van der Waals surface area contributed by atoms with Crippen LogP contribution < -0.4 is 5.73 Å². The third-order valence-corrected chi connectivity index (χ3v) is 4.07. The van der Waals surface area contributed by atoms with Crippen LogP contribution in [-0.2, 0) is 16.0 Å². The van der Waals surface area contributed by atoms with Gasteiger partial charge in [0.1, 0.15) is 0 Å². The molecule has 0 bridgehead atoms. The molecule has 2 rings (SSSR count). The van der Waals surface area contributed by atoms with E-state index in [1.165, 1.54) is 12.1 Å². The van der Waals surface area contributed by atoms with Crippen molar-refractivity contribution < 1.29 is 14.5 Å². The number of nitrogens with zero attached hydrogens (tertiary/aromatic N) is 2. The van der Waals surface area contributed by atoms with Crippen molar-refractivity contribution in [1.82, 2.24) is 4.90 Å². The molecule has 0 saturated carbocycles. The van der Waals surface area contributed by atoms with Gasteiger partial charge in [-0.1, -0.05) is 12.1 Å². The number of likely N-dealkylation sites (tertiary alicyclic amines) is 1. The van der Waals surface area contributed by atoms with Crippen LogP contribution in [0.3, 0.4) is 0 Å². The number of methoxy groups -OCH3 is 1. The molecule has 1 aliphatic heterocycles. The van der Waals surface area contributed by atoms with E-state index in [4.69, 9.17) is 10.5 Å². The second-order valence-corrected chi connectivity index (χ2v) is 5.46. The van der Waals surface area contributed by atoms with Gasteiger partial charge >= 0.3 is 0 Å². The Morgan fingerprint density at radius 1 is 1.55 bits per heavy atom. The number of piperidine rings is 1. The van der Waals surface area contributed by atoms with Gasteiger partial charge in [0.25, 0.3) is 5.69 Å². The maximum absolute atomic E-state index is 12.5. The molecule has 7 nitrogen and oxygen atoms in total. The normalized spacial score (nSPS) is 21.6. The summed E-state index contributed by atoms with van der Waals surface area (Å²) in [4.78, 5) is 24.6. The Morgan fingerprint density at radius 3 is 2.95 bits per heavy atom. The second-order valence-electron chi connectivity index (χ2n) is 5.46. The first-order valence-electron chi connectivity index (χ1n) is 7.30. The van der Waals surface area contributed by atoms with E-state index in [-0.39, 0.29) is 30.2 Å². The summed E-state index contributed by atoms with van der Waals surface area (Å²) in [5.41, 5.74) is 6.41. The number of amides is 1. The highest BCUT2D eigenvalue weighted by molar-refractivity contribution is 5.79. The number of carbonyl (C=O) groups is 1. The lowest BCUT2D eigenvalue weighted by atomic mass is 9.98. The van der Waals surface area contributed by atoms with Gasteiger partial charge in [0.15, 0.2) is 0 Å². The molecule has 2 N–H and O–H groups in total. The molecule has 0 aromatic heterocycles. The van der Waals surface area contributed by atoms with Crippen molar-refractivity contribution in [2.24, 2.45) is 5.73 Å². The van der Waals surface area contributed by atoms with E-state index in [1.54, 1.807) is 24.1 Å². The molecule has 7 heteroatoms. The Morgan fingerprint density at radius 2 is 2.32 bits per heavy atom. The minimum absolute atomic E-state index is 0.00114. The van der Waals surface area contributed by atoms with Crippen LogP contribution in [0.25, 0.3) is 0 Å². The molecule has 1 saturated heterocycles. The van der Waals surface area contributed by atoms with Crippen molar-refractivity contribution in [2.75, 3.05) is 20.2 Å². The van der Waals surface area contributed by atoms with E-state index < -0.39 is 4.92 Å². The zero-order valence-corrected chi connectivity index (χ0v) is 12.6. The van der Waals surface area contributed by atoms with Gasteiger partial charge in [-0.3, -0.25) is 14.9 Å². The fourth-order valence-electron chi connectivity index (χ4n) is 2.84. The first-order valence-corrected chi connectivity index (χ1v) is 7.30. The molecule has 1 amide bonds. The minimum Gasteiger partial charge on any atom is -0.381 e. The first-order chi connectivity index (χ1) is 10.5. The molecule has 0 aliphatic carbocycles. The number of hydrogen-bond acceptors (Lipinski definition) is 5. The summed E-state index contributed by atoms with van der Waals surface area (Å²) >= 11 is 0. The Balaban J connectivity index is 2.05. The third-order valence-electron chi connectivity index (χ3n) is 4.07. The van der Waals surface area contributed by atoms with E-state index in [0.717, 1.165) is 12.8 Å². The summed E-state index contributed by atoms with van der Waals surface area (Å²) in [6.07, 6.45) is 1.80. The number of rotatable bonds is 5. The lowest BCUT2D eigenvalue weighted by Crippen LogP contribution is -2.51. The summed E-state index contributed by atoms with van der Waals surface area (Å²) in [5, 5.41) is 10.8. The van der Waals surface area contributed by atoms with Gasteiger partial charge in [0.05, 0.1) is 17.4 Å². The van der Waals surface area contributed by atoms with E-state index in [9.17, 15) is 14.9 Å². The van der Waals surface area contributed by atoms with Gasteiger partial charge in [0.2, 0.25) is 5.91 Å². The standard InChI is InChI=1S/C15H21N3O4/c1-22-14-5-6-17(13(9-14)10-16)15(19)8-11-3-2-4-12(7-11)18(20)21/h2-4,7,13-14H,5-6,8-10,16H2,1H3/t13-,14-/m0/s1. The number of carbonyl (C=O) groups excluding carboxylic acids is 1.